The van der Waals surface area contributed by atoms with Gasteiger partial charge in [-0.05, 0) is 12.8 Å². The van der Waals surface area contributed by atoms with Crippen LogP contribution in [0.1, 0.15) is 232 Å². The molecule has 1 atom stereocenters. The predicted molar refractivity (Wildman–Crippen MR) is 207 cm³/mol. The fraction of sp³-hybridized carbons (Fsp3) is 0.953. The number of ether oxygens (including phenoxy) is 3. The fourth-order valence-electron chi connectivity index (χ4n) is 6.48. The van der Waals surface area contributed by atoms with E-state index in [4.69, 9.17) is 19.3 Å². The lowest BCUT2D eigenvalue weighted by Crippen LogP contribution is -2.28. The number of carbonyl (C=O) groups is 2. The van der Waals surface area contributed by atoms with E-state index >= 15 is 0 Å². The van der Waals surface area contributed by atoms with E-state index in [1.807, 2.05) is 0 Å². The summed E-state index contributed by atoms with van der Waals surface area (Å²) in [4.78, 5) is 22.7. The molecule has 0 aliphatic heterocycles. The Labute approximate surface area is 305 Å². The summed E-state index contributed by atoms with van der Waals surface area (Å²) in [5.41, 5.74) is 0. The predicted octanol–water partition coefficient (Wildman–Crippen LogP) is 13.3. The molecule has 0 saturated heterocycles. The van der Waals surface area contributed by atoms with Crippen LogP contribution in [0.4, 0.5) is 0 Å². The molecule has 49 heavy (non-hydrogen) atoms. The van der Waals surface area contributed by atoms with Gasteiger partial charge in [-0.1, -0.05) is 206 Å². The zero-order chi connectivity index (χ0) is 35.7. The smallest absolute Gasteiger partial charge is 0.306 e. The van der Waals surface area contributed by atoms with Gasteiger partial charge in [-0.3, -0.25) is 9.59 Å². The second kappa shape index (κ2) is 41.3. The largest absolute Gasteiger partial charge is 0.481 e. The second-order valence-electron chi connectivity index (χ2n) is 14.8. The highest BCUT2D eigenvalue weighted by atomic mass is 16.6. The average molecular weight is 697 g/mol. The Morgan fingerprint density at radius 2 is 0.755 bits per heavy atom. The van der Waals surface area contributed by atoms with Gasteiger partial charge in [0.05, 0.1) is 19.4 Å². The Balaban J connectivity index is 3.82. The minimum Gasteiger partial charge on any atom is -0.481 e. The van der Waals surface area contributed by atoms with Gasteiger partial charge < -0.3 is 19.3 Å². The maximum absolute atomic E-state index is 11.9. The van der Waals surface area contributed by atoms with E-state index in [1.165, 1.54) is 186 Å². The van der Waals surface area contributed by atoms with Crippen LogP contribution in [0.25, 0.3) is 0 Å². The van der Waals surface area contributed by atoms with Crippen molar-refractivity contribution in [2.24, 2.45) is 0 Å². The van der Waals surface area contributed by atoms with Crippen LogP contribution in [0.15, 0.2) is 0 Å². The summed E-state index contributed by atoms with van der Waals surface area (Å²) in [6, 6.07) is 0. The van der Waals surface area contributed by atoms with Crippen molar-refractivity contribution in [2.75, 3.05) is 26.4 Å². The lowest BCUT2D eigenvalue weighted by molar-refractivity contribution is -0.152. The normalized spacial score (nSPS) is 12.0. The first-order valence-corrected chi connectivity index (χ1v) is 21.7. The fourth-order valence-corrected chi connectivity index (χ4v) is 6.48. The van der Waals surface area contributed by atoms with Crippen molar-refractivity contribution in [1.29, 1.82) is 0 Å². The number of aliphatic carboxylic acids is 1. The summed E-state index contributed by atoms with van der Waals surface area (Å²) >= 11 is 0. The molecular formula is C43H84O6. The van der Waals surface area contributed by atoms with Crippen LogP contribution in [-0.2, 0) is 23.8 Å². The van der Waals surface area contributed by atoms with Crippen LogP contribution in [0, 0.1) is 0 Å². The third kappa shape index (κ3) is 41.2. The van der Waals surface area contributed by atoms with Crippen LogP contribution in [0.3, 0.4) is 0 Å². The zero-order valence-electron chi connectivity index (χ0n) is 32.9. The number of rotatable bonds is 42. The molecule has 0 aliphatic carbocycles. The molecule has 0 aromatic rings. The Bertz CT molecular complexity index is 669. The lowest BCUT2D eigenvalue weighted by atomic mass is 10.0. The summed E-state index contributed by atoms with van der Waals surface area (Å²) in [6.45, 7) is 6.43. The minimum absolute atomic E-state index is 0.110. The maximum atomic E-state index is 11.9. The highest BCUT2D eigenvalue weighted by Gasteiger charge is 2.14. The quantitative estimate of drug-likeness (QED) is 0.0505. The van der Waals surface area contributed by atoms with Crippen LogP contribution in [0.5, 0.6) is 0 Å². The molecule has 6 nitrogen and oxygen atoms in total. The first-order valence-electron chi connectivity index (χ1n) is 21.7. The number of carboxylic acids is 1. The van der Waals surface area contributed by atoms with Crippen molar-refractivity contribution in [2.45, 2.75) is 238 Å². The molecule has 0 spiro atoms. The number of esters is 1. The number of carbonyl (C=O) groups excluding carboxylic acids is 1. The van der Waals surface area contributed by atoms with Gasteiger partial charge in [0.1, 0.15) is 12.7 Å². The molecule has 0 bridgehead atoms. The van der Waals surface area contributed by atoms with Crippen LogP contribution >= 0.6 is 0 Å². The highest BCUT2D eigenvalue weighted by molar-refractivity contribution is 5.76. The van der Waals surface area contributed by atoms with E-state index in [0.29, 0.717) is 19.8 Å². The Hall–Kier alpha value is -1.14. The van der Waals surface area contributed by atoms with Crippen molar-refractivity contribution < 1.29 is 28.9 Å². The topological polar surface area (TPSA) is 82.1 Å². The van der Waals surface area contributed by atoms with Crippen LogP contribution in [0.2, 0.25) is 0 Å². The van der Waals surface area contributed by atoms with E-state index in [2.05, 4.69) is 13.8 Å². The van der Waals surface area contributed by atoms with Gasteiger partial charge in [0.2, 0.25) is 0 Å². The molecule has 292 valence electrons. The summed E-state index contributed by atoms with van der Waals surface area (Å²) < 4.78 is 17.3. The summed E-state index contributed by atoms with van der Waals surface area (Å²) in [5, 5.41) is 8.82. The molecule has 0 saturated carbocycles. The van der Waals surface area contributed by atoms with Crippen molar-refractivity contribution >= 4 is 11.9 Å². The Morgan fingerprint density at radius 1 is 0.429 bits per heavy atom. The van der Waals surface area contributed by atoms with Gasteiger partial charge in [0.25, 0.3) is 0 Å². The number of unbranched alkanes of at least 4 members (excludes halogenated alkanes) is 30. The Kier molecular flexibility index (Phi) is 40.3. The lowest BCUT2D eigenvalue weighted by Gasteiger charge is -2.18. The SMILES string of the molecule is CCCCCCCCCCCCCCCCCCOCC(COC(=O)CCC(=O)O)OCCCCCCCCCCCCCCCCCC. The number of hydrogen-bond acceptors (Lipinski definition) is 5. The summed E-state index contributed by atoms with van der Waals surface area (Å²) in [5.74, 6) is -1.48. The molecule has 1 N–H and O–H groups in total. The second-order valence-corrected chi connectivity index (χ2v) is 14.8. The third-order valence-electron chi connectivity index (χ3n) is 9.77. The van der Waals surface area contributed by atoms with E-state index in [1.54, 1.807) is 0 Å². The molecule has 0 radical (unpaired) electrons. The molecule has 1 unspecified atom stereocenters. The average Bonchev–Trinajstić information content (AvgIpc) is 3.10. The van der Waals surface area contributed by atoms with Gasteiger partial charge in [0, 0.05) is 13.2 Å². The van der Waals surface area contributed by atoms with Crippen molar-refractivity contribution in [3.63, 3.8) is 0 Å². The zero-order valence-corrected chi connectivity index (χ0v) is 32.9. The van der Waals surface area contributed by atoms with Crippen molar-refractivity contribution in [3.8, 4) is 0 Å². The maximum Gasteiger partial charge on any atom is 0.306 e. The standard InChI is InChI=1S/C43H84O6/c1-3-5-7-9-11-13-15-17-19-21-23-25-27-29-31-33-37-47-39-41(40-49-43(46)36-35-42(44)45)48-38-34-32-30-28-26-24-22-20-18-16-14-12-10-8-6-4-2/h41H,3-40H2,1-2H3,(H,44,45). The van der Waals surface area contributed by atoms with Gasteiger partial charge in [-0.2, -0.15) is 0 Å². The monoisotopic (exact) mass is 697 g/mol. The van der Waals surface area contributed by atoms with E-state index < -0.39 is 11.9 Å². The van der Waals surface area contributed by atoms with Crippen LogP contribution < -0.4 is 0 Å². The molecule has 0 aromatic heterocycles. The van der Waals surface area contributed by atoms with Gasteiger partial charge >= 0.3 is 11.9 Å². The van der Waals surface area contributed by atoms with E-state index in [9.17, 15) is 9.59 Å². The molecule has 0 fully saturated rings. The molecule has 0 rings (SSSR count). The van der Waals surface area contributed by atoms with Gasteiger partial charge in [-0.15, -0.1) is 0 Å². The molecule has 0 aromatic carbocycles. The molecular weight excluding hydrogens is 612 g/mol. The summed E-state index contributed by atoms with van der Waals surface area (Å²) in [6.07, 6.45) is 42.4. The third-order valence-corrected chi connectivity index (χ3v) is 9.77. The first-order chi connectivity index (χ1) is 24.1. The Morgan fingerprint density at radius 3 is 1.10 bits per heavy atom. The van der Waals surface area contributed by atoms with E-state index in [-0.39, 0.29) is 25.6 Å². The first kappa shape index (κ1) is 47.9. The van der Waals surface area contributed by atoms with Crippen LogP contribution in [-0.4, -0.2) is 49.6 Å². The number of carboxylic acid groups (broad SMARTS) is 1. The minimum atomic E-state index is -0.990. The van der Waals surface area contributed by atoms with Crippen molar-refractivity contribution in [3.05, 3.63) is 0 Å². The van der Waals surface area contributed by atoms with Gasteiger partial charge in [-0.25, -0.2) is 0 Å². The highest BCUT2D eigenvalue weighted by Crippen LogP contribution is 2.15. The van der Waals surface area contributed by atoms with Crippen molar-refractivity contribution in [1.82, 2.24) is 0 Å². The van der Waals surface area contributed by atoms with E-state index in [0.717, 1.165) is 19.3 Å². The molecule has 0 amide bonds. The molecule has 6 heteroatoms. The summed E-state index contributed by atoms with van der Waals surface area (Å²) in [7, 11) is 0. The molecule has 0 heterocycles. The van der Waals surface area contributed by atoms with Gasteiger partial charge in [0.15, 0.2) is 0 Å². The number of hydrogen-bond donors (Lipinski definition) is 1. The molecule has 0 aliphatic rings.